The number of unbranched alkanes of at least 4 members (excludes halogenated alkanes) is 7. The van der Waals surface area contributed by atoms with E-state index in [0.29, 0.717) is 5.56 Å². The Balaban J connectivity index is 2.26. The molecule has 0 radical (unpaired) electrons. The van der Waals surface area contributed by atoms with E-state index in [-0.39, 0.29) is 0 Å². The maximum Gasteiger partial charge on any atom is 0.252 e. The standard InChI is InChI=1S/C19H29ClO2/c1-4-5-6-7-8-9-10-11-12-22-18-15(2)13-17(19(20)21)14-16(18)3/h13-14H,4-12H2,1-3H3. The lowest BCUT2D eigenvalue weighted by Crippen LogP contribution is -2.02. The third-order valence-electron chi connectivity index (χ3n) is 3.93. The first-order valence-corrected chi connectivity index (χ1v) is 8.88. The van der Waals surface area contributed by atoms with Crippen molar-refractivity contribution in [1.29, 1.82) is 0 Å². The van der Waals surface area contributed by atoms with E-state index in [4.69, 9.17) is 16.3 Å². The van der Waals surface area contributed by atoms with Gasteiger partial charge >= 0.3 is 0 Å². The first kappa shape index (κ1) is 19.0. The van der Waals surface area contributed by atoms with E-state index in [9.17, 15) is 4.79 Å². The fourth-order valence-electron chi connectivity index (χ4n) is 2.70. The molecule has 0 aliphatic carbocycles. The molecule has 0 fully saturated rings. The van der Waals surface area contributed by atoms with E-state index in [0.717, 1.165) is 29.9 Å². The Bertz CT molecular complexity index is 445. The van der Waals surface area contributed by atoms with Gasteiger partial charge in [0.2, 0.25) is 0 Å². The van der Waals surface area contributed by atoms with Gasteiger partial charge in [-0.2, -0.15) is 0 Å². The quantitative estimate of drug-likeness (QED) is 0.357. The molecule has 22 heavy (non-hydrogen) atoms. The van der Waals surface area contributed by atoms with Crippen LogP contribution in [-0.2, 0) is 0 Å². The van der Waals surface area contributed by atoms with Crippen LogP contribution in [0.25, 0.3) is 0 Å². The molecule has 0 atom stereocenters. The molecule has 0 bridgehead atoms. The molecule has 1 aromatic rings. The zero-order chi connectivity index (χ0) is 16.4. The SMILES string of the molecule is CCCCCCCCCCOc1c(C)cc(C(=O)Cl)cc1C. The largest absolute Gasteiger partial charge is 0.493 e. The molecule has 3 heteroatoms. The van der Waals surface area contributed by atoms with Crippen LogP contribution >= 0.6 is 11.6 Å². The minimum Gasteiger partial charge on any atom is -0.493 e. The Morgan fingerprint density at radius 2 is 1.45 bits per heavy atom. The molecule has 0 aliphatic rings. The molecule has 0 N–H and O–H groups in total. The molecule has 0 unspecified atom stereocenters. The zero-order valence-electron chi connectivity index (χ0n) is 14.2. The number of carbonyl (C=O) groups excluding carboxylic acids is 1. The Morgan fingerprint density at radius 3 is 1.95 bits per heavy atom. The van der Waals surface area contributed by atoms with Crippen LogP contribution in [-0.4, -0.2) is 11.8 Å². The lowest BCUT2D eigenvalue weighted by molar-refractivity contribution is 0.108. The number of ether oxygens (including phenoxy) is 1. The molecule has 124 valence electrons. The number of hydrogen-bond donors (Lipinski definition) is 0. The van der Waals surface area contributed by atoms with Gasteiger partial charge in [-0.25, -0.2) is 0 Å². The lowest BCUT2D eigenvalue weighted by atomic mass is 10.1. The fourth-order valence-corrected chi connectivity index (χ4v) is 2.81. The van der Waals surface area contributed by atoms with Crippen LogP contribution in [0.2, 0.25) is 0 Å². The van der Waals surface area contributed by atoms with Gasteiger partial charge in [0.25, 0.3) is 5.24 Å². The monoisotopic (exact) mass is 324 g/mol. The Kier molecular flexibility index (Phi) is 9.22. The van der Waals surface area contributed by atoms with Gasteiger partial charge in [-0.1, -0.05) is 51.9 Å². The molecule has 0 spiro atoms. The van der Waals surface area contributed by atoms with Gasteiger partial charge in [0, 0.05) is 5.56 Å². The van der Waals surface area contributed by atoms with Crippen molar-refractivity contribution in [3.8, 4) is 5.75 Å². The van der Waals surface area contributed by atoms with E-state index in [1.54, 1.807) is 12.1 Å². The smallest absolute Gasteiger partial charge is 0.252 e. The molecule has 0 aromatic heterocycles. The molecule has 0 aliphatic heterocycles. The third kappa shape index (κ3) is 6.83. The van der Waals surface area contributed by atoms with Crippen LogP contribution in [0.1, 0.15) is 79.8 Å². The van der Waals surface area contributed by atoms with Gasteiger partial charge in [0.15, 0.2) is 0 Å². The molecule has 0 amide bonds. The Labute approximate surface area is 140 Å². The van der Waals surface area contributed by atoms with E-state index >= 15 is 0 Å². The maximum absolute atomic E-state index is 11.2. The second kappa shape index (κ2) is 10.7. The highest BCUT2D eigenvalue weighted by Crippen LogP contribution is 2.26. The summed E-state index contributed by atoms with van der Waals surface area (Å²) in [6, 6.07) is 3.59. The third-order valence-corrected chi connectivity index (χ3v) is 4.15. The highest BCUT2D eigenvalue weighted by molar-refractivity contribution is 6.67. The van der Waals surface area contributed by atoms with Crippen molar-refractivity contribution in [2.24, 2.45) is 0 Å². The van der Waals surface area contributed by atoms with Crippen molar-refractivity contribution in [3.63, 3.8) is 0 Å². The molecule has 1 aromatic carbocycles. The van der Waals surface area contributed by atoms with Gasteiger partial charge in [-0.15, -0.1) is 0 Å². The van der Waals surface area contributed by atoms with Crippen molar-refractivity contribution in [2.45, 2.75) is 72.1 Å². The number of halogens is 1. The summed E-state index contributed by atoms with van der Waals surface area (Å²) in [6.45, 7) is 6.90. The van der Waals surface area contributed by atoms with Crippen molar-refractivity contribution >= 4 is 16.8 Å². The minimum atomic E-state index is -0.416. The number of rotatable bonds is 11. The van der Waals surface area contributed by atoms with Crippen LogP contribution in [0.3, 0.4) is 0 Å². The molecular formula is C19H29ClO2. The summed E-state index contributed by atoms with van der Waals surface area (Å²) >= 11 is 5.53. The predicted octanol–water partition coefficient (Wildman–Crippen LogP) is 6.20. The lowest BCUT2D eigenvalue weighted by Gasteiger charge is -2.13. The van der Waals surface area contributed by atoms with Crippen LogP contribution in [0.15, 0.2) is 12.1 Å². The van der Waals surface area contributed by atoms with Gasteiger partial charge in [-0.3, -0.25) is 4.79 Å². The normalized spacial score (nSPS) is 10.7. The Morgan fingerprint density at radius 1 is 0.955 bits per heavy atom. The molecule has 0 heterocycles. The summed E-state index contributed by atoms with van der Waals surface area (Å²) < 4.78 is 5.89. The number of carbonyl (C=O) groups is 1. The van der Waals surface area contributed by atoms with Gasteiger partial charge < -0.3 is 4.74 Å². The van der Waals surface area contributed by atoms with Gasteiger partial charge in [0.05, 0.1) is 6.61 Å². The topological polar surface area (TPSA) is 26.3 Å². The van der Waals surface area contributed by atoms with Gasteiger partial charge in [-0.05, 0) is 55.1 Å². The van der Waals surface area contributed by atoms with E-state index < -0.39 is 5.24 Å². The molecule has 0 saturated carbocycles. The summed E-state index contributed by atoms with van der Waals surface area (Å²) in [5.74, 6) is 0.893. The van der Waals surface area contributed by atoms with E-state index in [2.05, 4.69) is 6.92 Å². The van der Waals surface area contributed by atoms with Crippen molar-refractivity contribution in [1.82, 2.24) is 0 Å². The molecule has 2 nitrogen and oxygen atoms in total. The molecular weight excluding hydrogens is 296 g/mol. The average Bonchev–Trinajstić information content (AvgIpc) is 2.47. The molecule has 0 saturated heterocycles. The van der Waals surface area contributed by atoms with Crippen molar-refractivity contribution < 1.29 is 9.53 Å². The van der Waals surface area contributed by atoms with E-state index in [1.165, 1.54) is 44.9 Å². The number of benzene rings is 1. The zero-order valence-corrected chi connectivity index (χ0v) is 15.0. The summed E-state index contributed by atoms with van der Waals surface area (Å²) in [7, 11) is 0. The second-order valence-corrected chi connectivity index (χ2v) is 6.38. The first-order valence-electron chi connectivity index (χ1n) is 8.50. The predicted molar refractivity (Wildman–Crippen MR) is 94.2 cm³/mol. The van der Waals surface area contributed by atoms with Crippen LogP contribution in [0, 0.1) is 13.8 Å². The number of hydrogen-bond acceptors (Lipinski definition) is 2. The van der Waals surface area contributed by atoms with Crippen LogP contribution in [0.4, 0.5) is 0 Å². The highest BCUT2D eigenvalue weighted by atomic mass is 35.5. The highest BCUT2D eigenvalue weighted by Gasteiger charge is 2.09. The summed E-state index contributed by atoms with van der Waals surface area (Å²) in [5, 5.41) is -0.416. The summed E-state index contributed by atoms with van der Waals surface area (Å²) in [4.78, 5) is 11.2. The maximum atomic E-state index is 11.2. The van der Waals surface area contributed by atoms with Crippen molar-refractivity contribution in [2.75, 3.05) is 6.61 Å². The summed E-state index contributed by atoms with van der Waals surface area (Å²) in [6.07, 6.45) is 10.3. The number of aryl methyl sites for hydroxylation is 2. The average molecular weight is 325 g/mol. The van der Waals surface area contributed by atoms with E-state index in [1.807, 2.05) is 13.8 Å². The van der Waals surface area contributed by atoms with Crippen LogP contribution in [0.5, 0.6) is 5.75 Å². The van der Waals surface area contributed by atoms with Gasteiger partial charge in [0.1, 0.15) is 5.75 Å². The van der Waals surface area contributed by atoms with Crippen molar-refractivity contribution in [3.05, 3.63) is 28.8 Å². The summed E-state index contributed by atoms with van der Waals surface area (Å²) in [5.41, 5.74) is 2.49. The first-order chi connectivity index (χ1) is 10.6. The Hall–Kier alpha value is -1.02. The molecule has 1 rings (SSSR count). The van der Waals surface area contributed by atoms with Crippen LogP contribution < -0.4 is 4.74 Å². The minimum absolute atomic E-state index is 0.416. The fraction of sp³-hybridized carbons (Fsp3) is 0.632. The second-order valence-electron chi connectivity index (χ2n) is 6.04.